The van der Waals surface area contributed by atoms with Crippen molar-refractivity contribution in [3.8, 4) is 0 Å². The number of thioether (sulfide) groups is 1. The minimum atomic E-state index is -1.24. The van der Waals surface area contributed by atoms with E-state index in [2.05, 4.69) is 6.92 Å². The van der Waals surface area contributed by atoms with Gasteiger partial charge >= 0.3 is 5.97 Å². The van der Waals surface area contributed by atoms with Crippen LogP contribution >= 0.6 is 11.8 Å². The number of rotatable bonds is 8. The number of carboxylic acids is 1. The second-order valence-corrected chi connectivity index (χ2v) is 4.93. The molecule has 0 unspecified atom stereocenters. The van der Waals surface area contributed by atoms with Gasteiger partial charge in [-0.15, -0.1) is 11.8 Å². The molecule has 1 N–H and O–H groups in total. The van der Waals surface area contributed by atoms with E-state index < -0.39 is 11.8 Å². The molecule has 3 nitrogen and oxygen atoms in total. The predicted molar refractivity (Wildman–Crippen MR) is 69.8 cm³/mol. The smallest absolute Gasteiger partial charge is 0.338 e. The molecule has 0 aliphatic carbocycles. The maximum atomic E-state index is 13.1. The van der Waals surface area contributed by atoms with Crippen LogP contribution in [0.2, 0.25) is 0 Å². The normalized spacial score (nSPS) is 10.6. The van der Waals surface area contributed by atoms with E-state index in [9.17, 15) is 9.18 Å². The van der Waals surface area contributed by atoms with Gasteiger partial charge in [-0.2, -0.15) is 0 Å². The highest BCUT2D eigenvalue weighted by Gasteiger charge is 2.10. The van der Waals surface area contributed by atoms with E-state index in [0.29, 0.717) is 6.61 Å². The Bertz CT molecular complexity index is 396. The second-order valence-electron chi connectivity index (χ2n) is 3.76. The van der Waals surface area contributed by atoms with Gasteiger partial charge in [0.25, 0.3) is 0 Å². The first-order chi connectivity index (χ1) is 8.65. The third kappa shape index (κ3) is 5.06. The Morgan fingerprint density at radius 3 is 2.89 bits per heavy atom. The molecule has 100 valence electrons. The summed E-state index contributed by atoms with van der Waals surface area (Å²) in [5, 5.41) is 8.78. The Balaban J connectivity index is 2.38. The molecule has 0 aromatic heterocycles. The summed E-state index contributed by atoms with van der Waals surface area (Å²) in [5.74, 6) is -1.21. The van der Waals surface area contributed by atoms with Crippen molar-refractivity contribution in [2.75, 3.05) is 19.0 Å². The van der Waals surface area contributed by atoms with Crippen LogP contribution in [0.1, 0.15) is 30.1 Å². The van der Waals surface area contributed by atoms with Gasteiger partial charge in [0.1, 0.15) is 5.82 Å². The minimum Gasteiger partial charge on any atom is -0.478 e. The Morgan fingerprint density at radius 1 is 1.44 bits per heavy atom. The molecular weight excluding hydrogens is 255 g/mol. The molecule has 18 heavy (non-hydrogen) atoms. The summed E-state index contributed by atoms with van der Waals surface area (Å²) >= 11 is 1.46. The number of carboxylic acid groups (broad SMARTS) is 1. The fourth-order valence-corrected chi connectivity index (χ4v) is 2.13. The van der Waals surface area contributed by atoms with Gasteiger partial charge in [-0.3, -0.25) is 0 Å². The van der Waals surface area contributed by atoms with E-state index in [1.807, 2.05) is 0 Å². The van der Waals surface area contributed by atoms with E-state index in [-0.39, 0.29) is 5.56 Å². The summed E-state index contributed by atoms with van der Waals surface area (Å²) < 4.78 is 18.5. The molecule has 0 saturated heterocycles. The molecule has 1 aromatic carbocycles. The first kappa shape index (κ1) is 15.0. The maximum Gasteiger partial charge on any atom is 0.338 e. The largest absolute Gasteiger partial charge is 0.478 e. The Labute approximate surface area is 110 Å². The average Bonchev–Trinajstić information content (AvgIpc) is 2.35. The quantitative estimate of drug-likeness (QED) is 0.581. The third-order valence-electron chi connectivity index (χ3n) is 2.31. The summed E-state index contributed by atoms with van der Waals surface area (Å²) in [6.07, 6.45) is 2.15. The van der Waals surface area contributed by atoms with Crippen molar-refractivity contribution in [1.29, 1.82) is 0 Å². The summed E-state index contributed by atoms with van der Waals surface area (Å²) in [5.41, 5.74) is -0.285. The summed E-state index contributed by atoms with van der Waals surface area (Å²) in [6.45, 7) is 3.47. The van der Waals surface area contributed by atoms with E-state index in [1.165, 1.54) is 23.9 Å². The Kier molecular flexibility index (Phi) is 6.75. The van der Waals surface area contributed by atoms with Gasteiger partial charge in [0.15, 0.2) is 0 Å². The zero-order valence-electron chi connectivity index (χ0n) is 10.3. The molecule has 1 aromatic rings. The van der Waals surface area contributed by atoms with Crippen LogP contribution in [-0.2, 0) is 4.74 Å². The second kappa shape index (κ2) is 8.11. The lowest BCUT2D eigenvalue weighted by molar-refractivity contribution is 0.0691. The number of hydrogen-bond acceptors (Lipinski definition) is 3. The van der Waals surface area contributed by atoms with E-state index in [1.54, 1.807) is 6.07 Å². The van der Waals surface area contributed by atoms with Crippen molar-refractivity contribution in [3.05, 3.63) is 29.6 Å². The fourth-order valence-electron chi connectivity index (χ4n) is 1.32. The molecule has 0 amide bonds. The topological polar surface area (TPSA) is 46.5 Å². The maximum absolute atomic E-state index is 13.1. The van der Waals surface area contributed by atoms with Crippen molar-refractivity contribution in [2.45, 2.75) is 24.7 Å². The van der Waals surface area contributed by atoms with Gasteiger partial charge in [0.05, 0.1) is 12.2 Å². The lowest BCUT2D eigenvalue weighted by Gasteiger charge is -2.05. The van der Waals surface area contributed by atoms with Crippen LogP contribution in [0.25, 0.3) is 0 Å². The van der Waals surface area contributed by atoms with Crippen molar-refractivity contribution in [1.82, 2.24) is 0 Å². The number of hydrogen-bond donors (Lipinski definition) is 1. The van der Waals surface area contributed by atoms with Crippen LogP contribution in [0.4, 0.5) is 4.39 Å². The van der Waals surface area contributed by atoms with Gasteiger partial charge < -0.3 is 9.84 Å². The summed E-state index contributed by atoms with van der Waals surface area (Å²) in [7, 11) is 0. The standard InChI is InChI=1S/C13H17FO3S/c1-2-3-6-17-7-8-18-10-4-5-12(14)11(9-10)13(15)16/h4-5,9H,2-3,6-8H2,1H3,(H,15,16). The summed E-state index contributed by atoms with van der Waals surface area (Å²) in [6, 6.07) is 4.12. The summed E-state index contributed by atoms with van der Waals surface area (Å²) in [4.78, 5) is 11.5. The predicted octanol–water partition coefficient (Wildman–Crippen LogP) is 3.43. The van der Waals surface area contributed by atoms with Crippen molar-refractivity contribution in [3.63, 3.8) is 0 Å². The SMILES string of the molecule is CCCCOCCSc1ccc(F)c(C(=O)O)c1. The van der Waals surface area contributed by atoms with Gasteiger partial charge in [-0.05, 0) is 24.6 Å². The van der Waals surface area contributed by atoms with Gasteiger partial charge in [-0.25, -0.2) is 9.18 Å². The zero-order valence-corrected chi connectivity index (χ0v) is 11.1. The number of unbranched alkanes of at least 4 members (excludes halogenated alkanes) is 1. The van der Waals surface area contributed by atoms with Crippen LogP contribution in [0.5, 0.6) is 0 Å². The molecule has 0 aliphatic heterocycles. The van der Waals surface area contributed by atoms with Crippen LogP contribution in [0, 0.1) is 5.82 Å². The highest BCUT2D eigenvalue weighted by Crippen LogP contribution is 2.21. The van der Waals surface area contributed by atoms with E-state index in [4.69, 9.17) is 9.84 Å². The molecule has 0 saturated carbocycles. The van der Waals surface area contributed by atoms with Crippen LogP contribution in [0.15, 0.2) is 23.1 Å². The highest BCUT2D eigenvalue weighted by atomic mass is 32.2. The number of halogens is 1. The zero-order chi connectivity index (χ0) is 13.4. The first-order valence-corrected chi connectivity index (χ1v) is 6.87. The average molecular weight is 272 g/mol. The molecule has 0 heterocycles. The van der Waals surface area contributed by atoms with Crippen LogP contribution < -0.4 is 0 Å². The van der Waals surface area contributed by atoms with Crippen LogP contribution in [0.3, 0.4) is 0 Å². The first-order valence-electron chi connectivity index (χ1n) is 5.88. The van der Waals surface area contributed by atoms with Crippen molar-refractivity contribution >= 4 is 17.7 Å². The van der Waals surface area contributed by atoms with Gasteiger partial charge in [0.2, 0.25) is 0 Å². The molecular formula is C13H17FO3S. The number of ether oxygens (including phenoxy) is 1. The van der Waals surface area contributed by atoms with Crippen molar-refractivity contribution < 1.29 is 19.0 Å². The lowest BCUT2D eigenvalue weighted by atomic mass is 10.2. The molecule has 0 atom stereocenters. The molecule has 1 rings (SSSR count). The monoisotopic (exact) mass is 272 g/mol. The molecule has 0 aliphatic rings. The van der Waals surface area contributed by atoms with E-state index >= 15 is 0 Å². The molecule has 0 fully saturated rings. The van der Waals surface area contributed by atoms with Crippen molar-refractivity contribution in [2.24, 2.45) is 0 Å². The third-order valence-corrected chi connectivity index (χ3v) is 3.26. The van der Waals surface area contributed by atoms with E-state index in [0.717, 1.165) is 30.1 Å². The fraction of sp³-hybridized carbons (Fsp3) is 0.462. The Morgan fingerprint density at radius 2 is 2.22 bits per heavy atom. The highest BCUT2D eigenvalue weighted by molar-refractivity contribution is 7.99. The molecule has 5 heteroatoms. The minimum absolute atomic E-state index is 0.285. The Hall–Kier alpha value is -1.07. The van der Waals surface area contributed by atoms with Gasteiger partial charge in [-0.1, -0.05) is 13.3 Å². The van der Waals surface area contributed by atoms with Gasteiger partial charge in [0, 0.05) is 17.3 Å². The molecule has 0 spiro atoms. The number of aromatic carboxylic acids is 1. The molecule has 0 bridgehead atoms. The molecule has 0 radical (unpaired) electrons. The van der Waals surface area contributed by atoms with Crippen LogP contribution in [-0.4, -0.2) is 30.0 Å². The number of benzene rings is 1. The number of carbonyl (C=O) groups is 1. The lowest BCUT2D eigenvalue weighted by Crippen LogP contribution is -2.01.